The van der Waals surface area contributed by atoms with Gasteiger partial charge in [-0.3, -0.25) is 4.79 Å². The van der Waals surface area contributed by atoms with Gasteiger partial charge in [-0.25, -0.2) is 4.98 Å². The second-order valence-electron chi connectivity index (χ2n) is 7.69. The molecule has 4 nitrogen and oxygen atoms in total. The average Bonchev–Trinajstić information content (AvgIpc) is 3.10. The van der Waals surface area contributed by atoms with E-state index in [4.69, 9.17) is 4.98 Å². The second-order valence-corrected chi connectivity index (χ2v) is 8.64. The number of hydrogen-bond donors (Lipinski definition) is 1. The van der Waals surface area contributed by atoms with Crippen molar-refractivity contribution in [1.29, 1.82) is 0 Å². The molecular weight excluding hydrogens is 390 g/mol. The summed E-state index contributed by atoms with van der Waals surface area (Å²) in [6, 6.07) is 25.6. The molecule has 152 valence electrons. The molecule has 0 aliphatic carbocycles. The van der Waals surface area contributed by atoms with Gasteiger partial charge in [0.25, 0.3) is 5.91 Å². The Morgan fingerprint density at radius 3 is 2.40 bits per heavy atom. The lowest BCUT2D eigenvalue weighted by Crippen LogP contribution is -2.11. The maximum absolute atomic E-state index is 12.4. The second kappa shape index (κ2) is 9.18. The highest BCUT2D eigenvalue weighted by Crippen LogP contribution is 2.28. The van der Waals surface area contributed by atoms with Gasteiger partial charge in [0.1, 0.15) is 0 Å². The molecule has 1 amide bonds. The minimum absolute atomic E-state index is 0.0980. The third-order valence-corrected chi connectivity index (χ3v) is 5.83. The molecule has 4 rings (SSSR count). The van der Waals surface area contributed by atoms with Crippen LogP contribution in [0, 0.1) is 5.92 Å². The van der Waals surface area contributed by atoms with Gasteiger partial charge >= 0.3 is 0 Å². The number of benzene rings is 3. The lowest BCUT2D eigenvalue weighted by molar-refractivity contribution is 0.102. The van der Waals surface area contributed by atoms with Crippen molar-refractivity contribution in [2.45, 2.75) is 31.3 Å². The summed E-state index contributed by atoms with van der Waals surface area (Å²) < 4.78 is 2.31. The maximum atomic E-state index is 12.4. The summed E-state index contributed by atoms with van der Waals surface area (Å²) in [5, 5.41) is 3.96. The highest BCUT2D eigenvalue weighted by Gasteiger charge is 2.13. The van der Waals surface area contributed by atoms with Crippen LogP contribution in [0.15, 0.2) is 84.0 Å². The number of hydrogen-bond acceptors (Lipinski definition) is 3. The minimum Gasteiger partial charge on any atom is -0.322 e. The fraction of sp³-hybridized carbons (Fsp3) is 0.200. The molecular formula is C25H25N3OS. The van der Waals surface area contributed by atoms with Gasteiger partial charge in [-0.2, -0.15) is 0 Å². The van der Waals surface area contributed by atoms with Crippen molar-refractivity contribution in [3.05, 3.63) is 90.0 Å². The first-order chi connectivity index (χ1) is 14.6. The quantitative estimate of drug-likeness (QED) is 0.364. The predicted molar refractivity (Wildman–Crippen MR) is 125 cm³/mol. The van der Waals surface area contributed by atoms with E-state index in [0.717, 1.165) is 28.7 Å². The number of anilines is 1. The van der Waals surface area contributed by atoms with E-state index in [-0.39, 0.29) is 5.91 Å². The van der Waals surface area contributed by atoms with Crippen molar-refractivity contribution < 1.29 is 4.79 Å². The maximum Gasteiger partial charge on any atom is 0.255 e. The third kappa shape index (κ3) is 4.74. The topological polar surface area (TPSA) is 46.9 Å². The minimum atomic E-state index is -0.0980. The fourth-order valence-corrected chi connectivity index (χ4v) is 4.31. The molecule has 5 heteroatoms. The summed E-state index contributed by atoms with van der Waals surface area (Å²) in [5.74, 6) is 1.26. The van der Waals surface area contributed by atoms with Crippen molar-refractivity contribution in [3.63, 3.8) is 0 Å². The fourth-order valence-electron chi connectivity index (χ4n) is 3.33. The number of nitrogens with zero attached hydrogens (tertiary/aromatic N) is 2. The smallest absolute Gasteiger partial charge is 0.255 e. The molecule has 0 fully saturated rings. The summed E-state index contributed by atoms with van der Waals surface area (Å²) >= 11 is 1.74. The van der Waals surface area contributed by atoms with E-state index in [1.165, 1.54) is 11.1 Å². The normalized spacial score (nSPS) is 11.2. The Bertz CT molecular complexity index is 1130. The van der Waals surface area contributed by atoms with Gasteiger partial charge in [0.2, 0.25) is 0 Å². The summed E-state index contributed by atoms with van der Waals surface area (Å²) in [6.45, 7) is 5.40. The van der Waals surface area contributed by atoms with E-state index in [0.29, 0.717) is 11.5 Å². The molecule has 3 aromatic carbocycles. The molecule has 1 heterocycles. The summed E-state index contributed by atoms with van der Waals surface area (Å²) in [4.78, 5) is 17.3. The van der Waals surface area contributed by atoms with E-state index >= 15 is 0 Å². The zero-order valence-corrected chi connectivity index (χ0v) is 18.0. The SMILES string of the molecule is CC(C)Cn1c(SCc2ccc(C(=O)Nc3ccccc3)cc2)nc2ccccc21. The molecule has 0 aliphatic heterocycles. The Balaban J connectivity index is 1.45. The molecule has 1 N–H and O–H groups in total. The Labute approximate surface area is 181 Å². The number of thioether (sulfide) groups is 1. The van der Waals surface area contributed by atoms with Crippen LogP contribution in [0.25, 0.3) is 11.0 Å². The number of fused-ring (bicyclic) bond motifs is 1. The molecule has 30 heavy (non-hydrogen) atoms. The van der Waals surface area contributed by atoms with Crippen LogP contribution in [0.5, 0.6) is 0 Å². The zero-order valence-electron chi connectivity index (χ0n) is 17.2. The van der Waals surface area contributed by atoms with Crippen LogP contribution in [-0.4, -0.2) is 15.5 Å². The van der Waals surface area contributed by atoms with Crippen LogP contribution < -0.4 is 5.32 Å². The van der Waals surface area contributed by atoms with Crippen molar-refractivity contribution in [1.82, 2.24) is 9.55 Å². The van der Waals surface area contributed by atoms with Crippen molar-refractivity contribution in [2.75, 3.05) is 5.32 Å². The van der Waals surface area contributed by atoms with Crippen molar-refractivity contribution in [2.24, 2.45) is 5.92 Å². The van der Waals surface area contributed by atoms with E-state index in [9.17, 15) is 4.79 Å². The highest BCUT2D eigenvalue weighted by atomic mass is 32.2. The van der Waals surface area contributed by atoms with Crippen LogP contribution in [0.3, 0.4) is 0 Å². The molecule has 1 aromatic heterocycles. The Morgan fingerprint density at radius 1 is 0.967 bits per heavy atom. The molecule has 0 spiro atoms. The Morgan fingerprint density at radius 2 is 1.67 bits per heavy atom. The summed E-state index contributed by atoms with van der Waals surface area (Å²) in [6.07, 6.45) is 0. The van der Waals surface area contributed by atoms with E-state index in [1.54, 1.807) is 11.8 Å². The molecule has 0 saturated carbocycles. The van der Waals surface area contributed by atoms with Crippen LogP contribution >= 0.6 is 11.8 Å². The third-order valence-electron chi connectivity index (χ3n) is 4.78. The molecule has 0 aliphatic rings. The van der Waals surface area contributed by atoms with Gasteiger partial charge in [-0.15, -0.1) is 0 Å². The molecule has 0 bridgehead atoms. The number of rotatable bonds is 7. The average molecular weight is 416 g/mol. The number of nitrogens with one attached hydrogen (secondary N) is 1. The zero-order chi connectivity index (χ0) is 20.9. The van der Waals surface area contributed by atoms with Gasteiger partial charge in [-0.1, -0.05) is 68.1 Å². The van der Waals surface area contributed by atoms with E-state index in [1.807, 2.05) is 60.7 Å². The monoisotopic (exact) mass is 415 g/mol. The number of aromatic nitrogens is 2. The van der Waals surface area contributed by atoms with Gasteiger partial charge in [0.05, 0.1) is 11.0 Å². The molecule has 0 saturated heterocycles. The van der Waals surface area contributed by atoms with Crippen LogP contribution in [0.2, 0.25) is 0 Å². The molecule has 0 unspecified atom stereocenters. The highest BCUT2D eigenvalue weighted by molar-refractivity contribution is 7.98. The van der Waals surface area contributed by atoms with E-state index in [2.05, 4.69) is 41.9 Å². The number of carbonyl (C=O) groups excluding carboxylic acids is 1. The first-order valence-corrected chi connectivity index (χ1v) is 11.1. The van der Waals surface area contributed by atoms with Gasteiger partial charge in [-0.05, 0) is 47.9 Å². The molecule has 0 radical (unpaired) electrons. The predicted octanol–water partition coefficient (Wildman–Crippen LogP) is 6.24. The van der Waals surface area contributed by atoms with Crippen molar-refractivity contribution >= 4 is 34.4 Å². The number of carbonyl (C=O) groups is 1. The van der Waals surface area contributed by atoms with Crippen molar-refractivity contribution in [3.8, 4) is 0 Å². The lowest BCUT2D eigenvalue weighted by atomic mass is 10.1. The van der Waals surface area contributed by atoms with E-state index < -0.39 is 0 Å². The number of para-hydroxylation sites is 3. The van der Waals surface area contributed by atoms with Crippen LogP contribution in [-0.2, 0) is 12.3 Å². The number of imidazole rings is 1. The lowest BCUT2D eigenvalue weighted by Gasteiger charge is -2.11. The Kier molecular flexibility index (Phi) is 6.19. The standard InChI is InChI=1S/C25H25N3OS/c1-18(2)16-28-23-11-7-6-10-22(23)27-25(28)30-17-19-12-14-20(15-13-19)24(29)26-21-8-4-3-5-9-21/h3-15,18H,16-17H2,1-2H3,(H,26,29). The summed E-state index contributed by atoms with van der Waals surface area (Å²) in [7, 11) is 0. The first-order valence-electron chi connectivity index (χ1n) is 10.1. The van der Waals surface area contributed by atoms with Gasteiger partial charge in [0.15, 0.2) is 5.16 Å². The Hall–Kier alpha value is -3.05. The largest absolute Gasteiger partial charge is 0.322 e. The van der Waals surface area contributed by atoms with Gasteiger partial charge < -0.3 is 9.88 Å². The number of amides is 1. The van der Waals surface area contributed by atoms with Crippen LogP contribution in [0.4, 0.5) is 5.69 Å². The molecule has 4 aromatic rings. The summed E-state index contributed by atoms with van der Waals surface area (Å²) in [5.41, 5.74) is 4.83. The van der Waals surface area contributed by atoms with Gasteiger partial charge in [0, 0.05) is 23.5 Å². The molecule has 0 atom stereocenters. The van der Waals surface area contributed by atoms with Crippen LogP contribution in [0.1, 0.15) is 29.8 Å². The first kappa shape index (κ1) is 20.2.